The lowest BCUT2D eigenvalue weighted by molar-refractivity contribution is -0.157. The Balaban J connectivity index is 0.789. The first-order chi connectivity index (χ1) is 30.4. The molecule has 10 rings (SSSR count). The molecule has 63 heavy (non-hydrogen) atoms. The third-order valence-corrected chi connectivity index (χ3v) is 12.9. The number of carbonyl (C=O) groups excluding carboxylic acids is 2. The fraction of sp³-hybridized carbons (Fsp3) is 0.319. The number of aromatic nitrogens is 6. The fourth-order valence-corrected chi connectivity index (χ4v) is 9.49. The maximum atomic E-state index is 13.5. The lowest BCUT2D eigenvalue weighted by atomic mass is 9.94. The van der Waals surface area contributed by atoms with Gasteiger partial charge in [0.25, 0.3) is 5.56 Å². The molecule has 16 heteroatoms. The number of cyclic esters (lactones) is 1. The number of carbonyl (C=O) groups is 2. The monoisotopic (exact) mass is 851 g/mol. The molecule has 0 bridgehead atoms. The maximum absolute atomic E-state index is 13.5. The molecule has 0 radical (unpaired) electrons. The highest BCUT2D eigenvalue weighted by Crippen LogP contribution is 2.41. The van der Waals surface area contributed by atoms with Crippen LogP contribution in [-0.2, 0) is 35.6 Å². The van der Waals surface area contributed by atoms with Gasteiger partial charge in [-0.1, -0.05) is 25.9 Å². The highest BCUT2D eigenvalue weighted by atomic mass is 16.6. The summed E-state index contributed by atoms with van der Waals surface area (Å²) in [6.07, 6.45) is 3.36. The van der Waals surface area contributed by atoms with Gasteiger partial charge in [0.05, 0.1) is 40.3 Å². The summed E-state index contributed by atoms with van der Waals surface area (Å²) in [5, 5.41) is 52.2. The summed E-state index contributed by atoms with van der Waals surface area (Å²) in [6, 6.07) is 17.5. The Labute approximate surface area is 360 Å². The van der Waals surface area contributed by atoms with Crippen molar-refractivity contribution >= 4 is 33.9 Å². The van der Waals surface area contributed by atoms with Crippen LogP contribution in [0, 0.1) is 5.92 Å². The van der Waals surface area contributed by atoms with E-state index in [4.69, 9.17) is 14.5 Å². The van der Waals surface area contributed by atoms with E-state index in [1.54, 1.807) is 27.7 Å². The molecule has 1 saturated heterocycles. The van der Waals surface area contributed by atoms with E-state index < -0.39 is 18.2 Å². The number of nitrogens with zero attached hydrogens (tertiary/aromatic N) is 7. The van der Waals surface area contributed by atoms with Crippen molar-refractivity contribution in [3.8, 4) is 51.7 Å². The normalized spacial score (nSPS) is 16.1. The summed E-state index contributed by atoms with van der Waals surface area (Å²) in [4.78, 5) is 45.7. The second-order valence-electron chi connectivity index (χ2n) is 16.9. The number of aryl methyl sites for hydroxylation is 2. The van der Waals surface area contributed by atoms with Crippen LogP contribution in [0.15, 0.2) is 71.7 Å². The zero-order chi connectivity index (χ0) is 43.8. The van der Waals surface area contributed by atoms with Crippen LogP contribution in [0.4, 0.5) is 4.79 Å². The van der Waals surface area contributed by atoms with Crippen LogP contribution in [0.2, 0.25) is 0 Å². The minimum absolute atomic E-state index is 0.0122. The molecule has 7 aromatic rings. The molecule has 0 saturated carbocycles. The average molecular weight is 852 g/mol. The van der Waals surface area contributed by atoms with E-state index in [2.05, 4.69) is 14.8 Å². The van der Waals surface area contributed by atoms with Crippen molar-refractivity contribution in [1.29, 1.82) is 0 Å². The number of piperidine rings is 1. The molecule has 4 N–H and O–H groups in total. The van der Waals surface area contributed by atoms with Gasteiger partial charge >= 0.3 is 18.1 Å². The Morgan fingerprint density at radius 1 is 0.952 bits per heavy atom. The van der Waals surface area contributed by atoms with E-state index in [1.807, 2.05) is 63.4 Å². The molecule has 0 aliphatic carbocycles. The topological polar surface area (TPSA) is 207 Å². The van der Waals surface area contributed by atoms with Crippen molar-refractivity contribution < 1.29 is 39.5 Å². The number of rotatable bonds is 8. The number of amides is 1. The summed E-state index contributed by atoms with van der Waals surface area (Å²) in [7, 11) is 0. The van der Waals surface area contributed by atoms with E-state index >= 15 is 0 Å². The molecule has 3 aliphatic heterocycles. The second kappa shape index (κ2) is 15.3. The Morgan fingerprint density at radius 2 is 1.76 bits per heavy atom. The van der Waals surface area contributed by atoms with Gasteiger partial charge in [0.2, 0.25) is 0 Å². The number of pyridine rings is 2. The van der Waals surface area contributed by atoms with E-state index in [-0.39, 0.29) is 52.5 Å². The predicted molar refractivity (Wildman–Crippen MR) is 231 cm³/mol. The molecule has 1 amide bonds. The van der Waals surface area contributed by atoms with Crippen LogP contribution in [0.3, 0.4) is 0 Å². The van der Waals surface area contributed by atoms with Gasteiger partial charge in [0.15, 0.2) is 11.9 Å². The first kappa shape index (κ1) is 39.9. The number of phenols is 2. The molecule has 322 valence electrons. The molecule has 4 aromatic heterocycles. The summed E-state index contributed by atoms with van der Waals surface area (Å²) in [5.74, 6) is 0.0820. The number of likely N-dealkylation sites (tertiary alicyclic amines) is 1. The van der Waals surface area contributed by atoms with Crippen LogP contribution in [0.25, 0.3) is 50.3 Å². The van der Waals surface area contributed by atoms with Crippen molar-refractivity contribution in [2.24, 2.45) is 5.92 Å². The Hall–Kier alpha value is -7.20. The van der Waals surface area contributed by atoms with Crippen LogP contribution >= 0.6 is 0 Å². The molecule has 0 unspecified atom stereocenters. The van der Waals surface area contributed by atoms with Gasteiger partial charge in [-0.2, -0.15) is 0 Å². The number of esters is 1. The highest BCUT2D eigenvalue weighted by Gasteiger charge is 2.35. The molecule has 1 fully saturated rings. The molecule has 0 spiro atoms. The number of fused-ring (bicyclic) bond motifs is 6. The molecular weight excluding hydrogens is 807 g/mol. The zero-order valence-electron chi connectivity index (χ0n) is 34.9. The van der Waals surface area contributed by atoms with Crippen LogP contribution < -0.4 is 10.3 Å². The van der Waals surface area contributed by atoms with E-state index in [9.17, 15) is 34.8 Å². The first-order valence-electron chi connectivity index (χ1n) is 21.2. The van der Waals surface area contributed by atoms with Gasteiger partial charge in [0.1, 0.15) is 23.9 Å². The first-order valence-corrected chi connectivity index (χ1v) is 21.2. The zero-order valence-corrected chi connectivity index (χ0v) is 34.9. The number of hydrogen-bond acceptors (Lipinski definition) is 12. The van der Waals surface area contributed by atoms with Gasteiger partial charge in [-0.05, 0) is 103 Å². The Bertz CT molecular complexity index is 3090. The number of ether oxygens (including phenoxy) is 2. The number of aliphatic hydroxyl groups excluding tert-OH is 1. The number of aliphatic hydroxyl groups is 1. The molecule has 1 atom stereocenters. The van der Waals surface area contributed by atoms with Crippen molar-refractivity contribution in [2.45, 2.75) is 78.2 Å². The summed E-state index contributed by atoms with van der Waals surface area (Å²) < 4.78 is 16.3. The van der Waals surface area contributed by atoms with Gasteiger partial charge in [-0.25, -0.2) is 19.1 Å². The summed E-state index contributed by atoms with van der Waals surface area (Å²) >= 11 is 0. The number of benzene rings is 3. The number of phenolic OH excluding ortho intramolecular Hbond substituents is 2. The highest BCUT2D eigenvalue weighted by molar-refractivity contribution is 5.90. The van der Waals surface area contributed by atoms with E-state index in [0.717, 1.165) is 53.2 Å². The predicted octanol–water partition coefficient (Wildman–Crippen LogP) is 6.82. The maximum Gasteiger partial charge on any atom is 0.415 e. The smallest absolute Gasteiger partial charge is 0.415 e. The van der Waals surface area contributed by atoms with Gasteiger partial charge in [0, 0.05) is 59.3 Å². The van der Waals surface area contributed by atoms with Gasteiger partial charge in [-0.15, -0.1) is 5.10 Å². The van der Waals surface area contributed by atoms with Crippen molar-refractivity contribution in [2.75, 3.05) is 13.1 Å². The average Bonchev–Trinajstić information content (AvgIpc) is 3.98. The van der Waals surface area contributed by atoms with Crippen LogP contribution in [0.5, 0.6) is 23.3 Å². The summed E-state index contributed by atoms with van der Waals surface area (Å²) in [5.41, 5.74) is 6.54. The molecular formula is C47H45N7O9. The van der Waals surface area contributed by atoms with Crippen LogP contribution in [-0.4, -0.2) is 79.4 Å². The standard InChI is InChI=1S/C47H45N7O9/c1-4-29-31-18-28(6-7-36(31)48-41-34(29)22-53-38(41)20-32-35(44(53)58)23-62-45(59)42(32)57)63-47(61)52-14-10-25(11-15-52)9-13-51-16-12-26-17-27(5-8-37(26)51)54-43(49-50-46(54)60)33-19-30(24(2)3)39(55)21-40(33)56/h5-8,12,16-21,24-25,42,55-57H,4,9-11,13-15,22-23H2,1-3H3,(H,50,60)/t42-/m0/s1. The number of hydrogen-bond donors (Lipinski definition) is 4. The van der Waals surface area contributed by atoms with Gasteiger partial charge in [-0.3, -0.25) is 4.79 Å². The molecule has 7 heterocycles. The lowest BCUT2D eigenvalue weighted by Crippen LogP contribution is -2.40. The fourth-order valence-electron chi connectivity index (χ4n) is 9.49. The lowest BCUT2D eigenvalue weighted by Gasteiger charge is -2.31. The van der Waals surface area contributed by atoms with Crippen molar-refractivity contribution in [3.63, 3.8) is 0 Å². The van der Waals surface area contributed by atoms with Crippen molar-refractivity contribution in [3.05, 3.63) is 105 Å². The Kier molecular flexibility index (Phi) is 9.70. The SMILES string of the molecule is CCc1c2c(nc3ccc(OC(=O)N4CCC(CCn5ccc6cc(-n7c(O)nnc7-c7cc(C(C)C)c(O)cc7O)ccc65)CC4)cc13)-c1cc3c(c(=O)n1C2)COC(=O)[C@H]3O. The molecule has 3 aromatic carbocycles. The van der Waals surface area contributed by atoms with Crippen LogP contribution in [0.1, 0.15) is 79.9 Å². The third kappa shape index (κ3) is 6.72. The minimum atomic E-state index is -1.52. The molecule has 16 nitrogen and oxygen atoms in total. The second-order valence-corrected chi connectivity index (χ2v) is 16.9. The van der Waals surface area contributed by atoms with E-state index in [0.29, 0.717) is 71.4 Å². The third-order valence-electron chi connectivity index (χ3n) is 12.9. The minimum Gasteiger partial charge on any atom is -0.508 e. The summed E-state index contributed by atoms with van der Waals surface area (Å²) in [6.45, 7) is 7.94. The molecule has 3 aliphatic rings. The van der Waals surface area contributed by atoms with Gasteiger partial charge < -0.3 is 43.9 Å². The largest absolute Gasteiger partial charge is 0.508 e. The quantitative estimate of drug-likeness (QED) is 0.116. The number of aromatic hydroxyl groups is 3. The van der Waals surface area contributed by atoms with E-state index in [1.165, 1.54) is 10.6 Å². The van der Waals surface area contributed by atoms with Crippen molar-refractivity contribution in [1.82, 2.24) is 33.8 Å². The Morgan fingerprint density at radius 3 is 2.54 bits per heavy atom.